The topological polar surface area (TPSA) is 75.3 Å². The van der Waals surface area contributed by atoms with Crippen LogP contribution in [0.2, 0.25) is 0 Å². The average Bonchev–Trinajstić information content (AvgIpc) is 3.34. The second kappa shape index (κ2) is 8.90. The summed E-state index contributed by atoms with van der Waals surface area (Å²) in [5.41, 5.74) is 1.97. The number of benzene rings is 1. The molecule has 1 saturated heterocycles. The summed E-state index contributed by atoms with van der Waals surface area (Å²) in [6.45, 7) is 4.62. The van der Waals surface area contributed by atoms with Gasteiger partial charge in [-0.25, -0.2) is 4.98 Å². The van der Waals surface area contributed by atoms with Gasteiger partial charge in [0.05, 0.1) is 37.4 Å². The van der Waals surface area contributed by atoms with Crippen LogP contribution in [0.5, 0.6) is 0 Å². The van der Waals surface area contributed by atoms with Gasteiger partial charge in [0.25, 0.3) is 0 Å². The van der Waals surface area contributed by atoms with Crippen LogP contribution in [0.1, 0.15) is 45.0 Å². The maximum Gasteiger partial charge on any atom is 0.306 e. The van der Waals surface area contributed by atoms with Gasteiger partial charge in [0, 0.05) is 11.0 Å². The number of aromatic amines is 1. The number of carbonyl (C=O) groups is 2. The van der Waals surface area contributed by atoms with E-state index in [-0.39, 0.29) is 36.2 Å². The highest BCUT2D eigenvalue weighted by Crippen LogP contribution is 2.34. The third-order valence-corrected chi connectivity index (χ3v) is 5.87. The Hall–Kier alpha value is -2.15. The predicted octanol–water partition coefficient (Wildman–Crippen LogP) is 4.34. The summed E-state index contributed by atoms with van der Waals surface area (Å²) < 4.78 is 5.81. The smallest absolute Gasteiger partial charge is 0.306 e. The molecule has 1 aromatic carbocycles. The fraction of sp³-hybridized carbons (Fsp3) is 0.476. The lowest BCUT2D eigenvalue weighted by Crippen LogP contribution is -2.39. The van der Waals surface area contributed by atoms with Crippen molar-refractivity contribution < 1.29 is 14.3 Å². The molecule has 7 heteroatoms. The van der Waals surface area contributed by atoms with Crippen LogP contribution in [0, 0.1) is 11.8 Å². The van der Waals surface area contributed by atoms with Crippen LogP contribution in [0.25, 0.3) is 11.3 Å². The lowest BCUT2D eigenvalue weighted by Gasteiger charge is -2.29. The Balaban J connectivity index is 1.79. The Labute approximate surface area is 173 Å². The minimum Gasteiger partial charge on any atom is -0.469 e. The number of methoxy groups -OCH3 is 1. The first kappa shape index (κ1) is 20.6. The molecule has 0 bridgehead atoms. The minimum absolute atomic E-state index is 0.00416. The number of esters is 1. The van der Waals surface area contributed by atoms with E-state index in [1.54, 1.807) is 0 Å². The zero-order chi connectivity index (χ0) is 20.3. The van der Waals surface area contributed by atoms with Crippen molar-refractivity contribution >= 4 is 27.8 Å². The molecule has 0 unspecified atom stereocenters. The fourth-order valence-electron chi connectivity index (χ4n) is 3.68. The fourth-order valence-corrected chi connectivity index (χ4v) is 3.95. The second-order valence-corrected chi connectivity index (χ2v) is 8.43. The molecule has 1 N–H and O–H groups in total. The van der Waals surface area contributed by atoms with Gasteiger partial charge in [-0.2, -0.15) is 0 Å². The molecule has 0 aliphatic carbocycles. The summed E-state index contributed by atoms with van der Waals surface area (Å²) in [7, 11) is 1.36. The molecular weight excluding hydrogens is 422 g/mol. The quantitative estimate of drug-likeness (QED) is 0.668. The molecule has 2 aromatic rings. The minimum atomic E-state index is -0.381. The van der Waals surface area contributed by atoms with Crippen molar-refractivity contribution in [2.24, 2.45) is 11.8 Å². The van der Waals surface area contributed by atoms with Crippen molar-refractivity contribution in [3.8, 4) is 11.3 Å². The van der Waals surface area contributed by atoms with Crippen LogP contribution in [0.4, 0.5) is 0 Å². The van der Waals surface area contributed by atoms with E-state index < -0.39 is 0 Å². The van der Waals surface area contributed by atoms with Crippen LogP contribution >= 0.6 is 15.9 Å². The SMILES string of the molecule is COC(=O)C[C@H](C(=O)N1CCC[C@H]1c1ncc(-c2ccc(Br)cc2)[nH]1)C(C)C. The number of hydrogen-bond acceptors (Lipinski definition) is 4. The predicted molar refractivity (Wildman–Crippen MR) is 110 cm³/mol. The highest BCUT2D eigenvalue weighted by molar-refractivity contribution is 9.10. The van der Waals surface area contributed by atoms with Gasteiger partial charge in [-0.15, -0.1) is 0 Å². The monoisotopic (exact) mass is 447 g/mol. The van der Waals surface area contributed by atoms with Gasteiger partial charge in [-0.1, -0.05) is 41.9 Å². The van der Waals surface area contributed by atoms with Crippen molar-refractivity contribution in [3.05, 3.63) is 40.8 Å². The normalized spacial score (nSPS) is 17.8. The van der Waals surface area contributed by atoms with Gasteiger partial charge in [0.1, 0.15) is 5.82 Å². The number of nitrogens with one attached hydrogen (secondary N) is 1. The van der Waals surface area contributed by atoms with Gasteiger partial charge < -0.3 is 14.6 Å². The van der Waals surface area contributed by atoms with Gasteiger partial charge in [0.15, 0.2) is 0 Å². The molecule has 1 fully saturated rings. The Morgan fingerprint density at radius 2 is 2.04 bits per heavy atom. The molecule has 1 aliphatic rings. The maximum absolute atomic E-state index is 13.2. The first-order valence-corrected chi connectivity index (χ1v) is 10.4. The molecule has 0 spiro atoms. The highest BCUT2D eigenvalue weighted by atomic mass is 79.9. The number of imidazole rings is 1. The summed E-state index contributed by atoms with van der Waals surface area (Å²) in [5.74, 6) is 0.129. The van der Waals surface area contributed by atoms with Crippen molar-refractivity contribution in [2.75, 3.05) is 13.7 Å². The molecule has 6 nitrogen and oxygen atoms in total. The Morgan fingerprint density at radius 3 is 2.68 bits per heavy atom. The van der Waals surface area contributed by atoms with Crippen molar-refractivity contribution in [3.63, 3.8) is 0 Å². The number of H-pyrrole nitrogens is 1. The number of aromatic nitrogens is 2. The molecule has 1 aromatic heterocycles. The number of rotatable bonds is 6. The molecule has 3 rings (SSSR count). The van der Waals surface area contributed by atoms with Crippen molar-refractivity contribution in [1.82, 2.24) is 14.9 Å². The van der Waals surface area contributed by atoms with E-state index >= 15 is 0 Å². The van der Waals surface area contributed by atoms with Gasteiger partial charge in [-0.05, 0) is 36.5 Å². The van der Waals surface area contributed by atoms with Crippen molar-refractivity contribution in [2.45, 2.75) is 39.2 Å². The number of nitrogens with zero attached hydrogens (tertiary/aromatic N) is 2. The molecule has 1 aliphatic heterocycles. The Bertz CT molecular complexity index is 832. The first-order valence-electron chi connectivity index (χ1n) is 9.58. The molecule has 2 atom stereocenters. The average molecular weight is 448 g/mol. The summed E-state index contributed by atoms with van der Waals surface area (Å²) in [6.07, 6.45) is 3.71. The second-order valence-electron chi connectivity index (χ2n) is 7.51. The van der Waals surface area contributed by atoms with E-state index in [2.05, 4.69) is 25.9 Å². The van der Waals surface area contributed by atoms with Crippen LogP contribution in [-0.2, 0) is 14.3 Å². The molecule has 28 heavy (non-hydrogen) atoms. The lowest BCUT2D eigenvalue weighted by atomic mass is 9.91. The number of carbonyl (C=O) groups excluding carboxylic acids is 2. The summed E-state index contributed by atoms with van der Waals surface area (Å²) in [6, 6.07) is 7.92. The third-order valence-electron chi connectivity index (χ3n) is 5.34. The molecule has 2 heterocycles. The van der Waals surface area contributed by atoms with E-state index in [4.69, 9.17) is 4.74 Å². The van der Waals surface area contributed by atoms with E-state index in [0.717, 1.165) is 34.4 Å². The Kier molecular flexibility index (Phi) is 6.54. The van der Waals surface area contributed by atoms with E-state index in [1.165, 1.54) is 7.11 Å². The summed E-state index contributed by atoms with van der Waals surface area (Å²) >= 11 is 3.45. The first-order chi connectivity index (χ1) is 13.4. The summed E-state index contributed by atoms with van der Waals surface area (Å²) in [4.78, 5) is 34.8. The van der Waals surface area contributed by atoms with E-state index in [9.17, 15) is 9.59 Å². The Morgan fingerprint density at radius 1 is 1.32 bits per heavy atom. The molecular formula is C21H26BrN3O3. The number of ether oxygens (including phenoxy) is 1. The highest BCUT2D eigenvalue weighted by Gasteiger charge is 2.37. The van der Waals surface area contributed by atoms with E-state index in [0.29, 0.717) is 6.54 Å². The number of hydrogen-bond donors (Lipinski definition) is 1. The van der Waals surface area contributed by atoms with Crippen LogP contribution in [0.3, 0.4) is 0 Å². The third kappa shape index (κ3) is 4.46. The van der Waals surface area contributed by atoms with Gasteiger partial charge in [-0.3, -0.25) is 9.59 Å². The number of amides is 1. The lowest BCUT2D eigenvalue weighted by molar-refractivity contribution is -0.148. The molecule has 0 radical (unpaired) electrons. The van der Waals surface area contributed by atoms with Crippen LogP contribution in [-0.4, -0.2) is 40.4 Å². The molecule has 0 saturated carbocycles. The van der Waals surface area contributed by atoms with E-state index in [1.807, 2.05) is 49.2 Å². The molecule has 1 amide bonds. The van der Waals surface area contributed by atoms with Crippen molar-refractivity contribution in [1.29, 1.82) is 0 Å². The number of likely N-dealkylation sites (tertiary alicyclic amines) is 1. The van der Waals surface area contributed by atoms with Crippen LogP contribution < -0.4 is 0 Å². The largest absolute Gasteiger partial charge is 0.469 e. The van der Waals surface area contributed by atoms with Gasteiger partial charge >= 0.3 is 5.97 Å². The zero-order valence-electron chi connectivity index (χ0n) is 16.4. The standard InChI is InChI=1S/C21H26BrN3O3/c1-13(2)16(11-19(26)28-3)21(27)25-10-4-5-18(25)20-23-12-17(24-20)14-6-8-15(22)9-7-14/h6-9,12-13,16,18H,4-5,10-11H2,1-3H3,(H,23,24)/t16-,18-/m0/s1. The molecule has 150 valence electrons. The number of halogens is 1. The maximum atomic E-state index is 13.2. The van der Waals surface area contributed by atoms with Crippen LogP contribution in [0.15, 0.2) is 34.9 Å². The zero-order valence-corrected chi connectivity index (χ0v) is 18.0. The summed E-state index contributed by atoms with van der Waals surface area (Å²) in [5, 5.41) is 0. The van der Waals surface area contributed by atoms with Gasteiger partial charge in [0.2, 0.25) is 5.91 Å².